The van der Waals surface area contributed by atoms with E-state index >= 15 is 0 Å². The maximum atomic E-state index is 12.1. The first-order valence-electron chi connectivity index (χ1n) is 5.84. The third-order valence-electron chi connectivity index (χ3n) is 2.69. The molecule has 0 saturated carbocycles. The molecule has 108 valence electrons. The number of hydrogen-bond donors (Lipinski definition) is 1. The van der Waals surface area contributed by atoms with Gasteiger partial charge in [-0.1, -0.05) is 12.1 Å². The third-order valence-corrected chi connectivity index (χ3v) is 2.69. The number of aromatic amines is 1. The molecular weight excluding hydrogens is 285 g/mol. The van der Waals surface area contributed by atoms with Crippen LogP contribution in [0.1, 0.15) is 5.56 Å². The molecule has 21 heavy (non-hydrogen) atoms. The Kier molecular flexibility index (Phi) is 3.98. The first-order chi connectivity index (χ1) is 9.90. The van der Waals surface area contributed by atoms with Crippen molar-refractivity contribution in [2.75, 3.05) is 0 Å². The summed E-state index contributed by atoms with van der Waals surface area (Å²) in [6, 6.07) is 8.43. The minimum absolute atomic E-state index is 0.0278. The van der Waals surface area contributed by atoms with E-state index in [1.165, 1.54) is 18.3 Å². The number of ether oxygens (including phenoxy) is 1. The lowest BCUT2D eigenvalue weighted by atomic mass is 10.00. The van der Waals surface area contributed by atoms with E-state index < -0.39 is 11.9 Å². The lowest BCUT2D eigenvalue weighted by Gasteiger charge is -2.10. The number of benzene rings is 1. The van der Waals surface area contributed by atoms with Gasteiger partial charge in [-0.05, 0) is 29.3 Å². The number of nitrogens with zero attached hydrogens (tertiary/aromatic N) is 1. The smallest absolute Gasteiger partial charge is 0.406 e. The van der Waals surface area contributed by atoms with Gasteiger partial charge in [0.15, 0.2) is 0 Å². The van der Waals surface area contributed by atoms with Gasteiger partial charge in [-0.3, -0.25) is 4.79 Å². The highest BCUT2D eigenvalue weighted by Gasteiger charge is 2.31. The summed E-state index contributed by atoms with van der Waals surface area (Å²) in [4.78, 5) is 14.3. The molecule has 0 aliphatic heterocycles. The Morgan fingerprint density at radius 1 is 1.19 bits per heavy atom. The SMILES string of the molecule is N#CCc1cc[nH]c(=O)c1-c1ccc(OC(F)(F)F)cc1. The molecule has 0 aliphatic carbocycles. The van der Waals surface area contributed by atoms with E-state index in [0.29, 0.717) is 11.1 Å². The second-order valence-electron chi connectivity index (χ2n) is 4.11. The highest BCUT2D eigenvalue weighted by atomic mass is 19.4. The molecule has 1 heterocycles. The number of rotatable bonds is 3. The third kappa shape index (κ3) is 3.63. The Balaban J connectivity index is 2.40. The summed E-state index contributed by atoms with van der Waals surface area (Å²) >= 11 is 0. The lowest BCUT2D eigenvalue weighted by molar-refractivity contribution is -0.274. The minimum Gasteiger partial charge on any atom is -0.406 e. The van der Waals surface area contributed by atoms with Crippen LogP contribution in [0.25, 0.3) is 11.1 Å². The van der Waals surface area contributed by atoms with Crippen LogP contribution in [0.15, 0.2) is 41.3 Å². The molecule has 0 fully saturated rings. The number of aromatic nitrogens is 1. The number of halogens is 3. The quantitative estimate of drug-likeness (QED) is 0.946. The van der Waals surface area contributed by atoms with Gasteiger partial charge in [0.2, 0.25) is 0 Å². The van der Waals surface area contributed by atoms with E-state index in [-0.39, 0.29) is 17.7 Å². The molecule has 2 rings (SSSR count). The van der Waals surface area contributed by atoms with E-state index in [1.54, 1.807) is 6.07 Å². The second kappa shape index (κ2) is 5.71. The Morgan fingerprint density at radius 3 is 2.43 bits per heavy atom. The summed E-state index contributed by atoms with van der Waals surface area (Å²) in [5, 5.41) is 8.75. The summed E-state index contributed by atoms with van der Waals surface area (Å²) in [7, 11) is 0. The van der Waals surface area contributed by atoms with Crippen LogP contribution in [-0.2, 0) is 6.42 Å². The Hall–Kier alpha value is -2.75. The molecule has 0 spiro atoms. The average Bonchev–Trinajstić information content (AvgIpc) is 2.39. The molecule has 4 nitrogen and oxygen atoms in total. The first kappa shape index (κ1) is 14.7. The van der Waals surface area contributed by atoms with Crippen LogP contribution in [0.5, 0.6) is 5.75 Å². The maximum Gasteiger partial charge on any atom is 0.573 e. The summed E-state index contributed by atoms with van der Waals surface area (Å²) in [6.45, 7) is 0. The van der Waals surface area contributed by atoms with Gasteiger partial charge in [-0.15, -0.1) is 13.2 Å². The minimum atomic E-state index is -4.77. The fourth-order valence-corrected chi connectivity index (χ4v) is 1.89. The predicted octanol–water partition coefficient (Wildman–Crippen LogP) is 3.01. The number of H-pyrrole nitrogens is 1. The van der Waals surface area contributed by atoms with Gasteiger partial charge < -0.3 is 9.72 Å². The molecule has 0 radical (unpaired) electrons. The van der Waals surface area contributed by atoms with Gasteiger partial charge in [-0.25, -0.2) is 0 Å². The highest BCUT2D eigenvalue weighted by Crippen LogP contribution is 2.26. The van der Waals surface area contributed by atoms with Gasteiger partial charge in [0.1, 0.15) is 5.75 Å². The molecule has 0 unspecified atom stereocenters. The fraction of sp³-hybridized carbons (Fsp3) is 0.143. The zero-order chi connectivity index (χ0) is 15.5. The Labute approximate surface area is 117 Å². The van der Waals surface area contributed by atoms with E-state index in [4.69, 9.17) is 5.26 Å². The van der Waals surface area contributed by atoms with Gasteiger partial charge in [-0.2, -0.15) is 5.26 Å². The molecule has 1 N–H and O–H groups in total. The van der Waals surface area contributed by atoms with Crippen LogP contribution in [0.4, 0.5) is 13.2 Å². The van der Waals surface area contributed by atoms with E-state index in [0.717, 1.165) is 12.1 Å². The second-order valence-corrected chi connectivity index (χ2v) is 4.11. The van der Waals surface area contributed by atoms with Crippen molar-refractivity contribution in [1.82, 2.24) is 4.98 Å². The molecule has 0 saturated heterocycles. The average molecular weight is 294 g/mol. The van der Waals surface area contributed by atoms with Crippen LogP contribution in [-0.4, -0.2) is 11.3 Å². The normalized spacial score (nSPS) is 11.0. The zero-order valence-electron chi connectivity index (χ0n) is 10.6. The van der Waals surface area contributed by atoms with Crippen molar-refractivity contribution >= 4 is 0 Å². The van der Waals surface area contributed by atoms with Crippen molar-refractivity contribution in [1.29, 1.82) is 5.26 Å². The number of hydrogen-bond acceptors (Lipinski definition) is 3. The Morgan fingerprint density at radius 2 is 1.86 bits per heavy atom. The maximum absolute atomic E-state index is 12.1. The van der Waals surface area contributed by atoms with Crippen LogP contribution < -0.4 is 10.3 Å². The lowest BCUT2D eigenvalue weighted by Crippen LogP contribution is -2.17. The van der Waals surface area contributed by atoms with E-state index in [1.807, 2.05) is 6.07 Å². The van der Waals surface area contributed by atoms with Gasteiger partial charge >= 0.3 is 6.36 Å². The molecule has 0 amide bonds. The van der Waals surface area contributed by atoms with Crippen LogP contribution in [0.3, 0.4) is 0 Å². The van der Waals surface area contributed by atoms with Crippen molar-refractivity contribution in [3.63, 3.8) is 0 Å². The summed E-state index contributed by atoms with van der Waals surface area (Å²) < 4.78 is 40.0. The summed E-state index contributed by atoms with van der Waals surface area (Å²) in [6.07, 6.45) is -3.32. The monoisotopic (exact) mass is 294 g/mol. The zero-order valence-corrected chi connectivity index (χ0v) is 10.6. The number of pyridine rings is 1. The molecule has 2 aromatic rings. The van der Waals surface area contributed by atoms with E-state index in [2.05, 4.69) is 9.72 Å². The summed E-state index contributed by atoms with van der Waals surface area (Å²) in [5.74, 6) is -0.375. The van der Waals surface area contributed by atoms with Crippen molar-refractivity contribution in [2.24, 2.45) is 0 Å². The molecular formula is C14H9F3N2O2. The molecule has 1 aromatic heterocycles. The molecule has 1 aromatic carbocycles. The number of nitriles is 1. The van der Waals surface area contributed by atoms with Crippen LogP contribution in [0, 0.1) is 11.3 Å². The highest BCUT2D eigenvalue weighted by molar-refractivity contribution is 5.67. The number of alkyl halides is 3. The largest absolute Gasteiger partial charge is 0.573 e. The topological polar surface area (TPSA) is 65.9 Å². The van der Waals surface area contributed by atoms with Crippen molar-refractivity contribution in [3.8, 4) is 22.9 Å². The molecule has 7 heteroatoms. The van der Waals surface area contributed by atoms with Gasteiger partial charge in [0.25, 0.3) is 5.56 Å². The Bertz CT molecular complexity index is 728. The van der Waals surface area contributed by atoms with Gasteiger partial charge in [0, 0.05) is 6.20 Å². The van der Waals surface area contributed by atoms with Crippen molar-refractivity contribution in [2.45, 2.75) is 12.8 Å². The van der Waals surface area contributed by atoms with E-state index in [9.17, 15) is 18.0 Å². The first-order valence-corrected chi connectivity index (χ1v) is 5.84. The number of nitrogens with one attached hydrogen (secondary N) is 1. The summed E-state index contributed by atoms with van der Waals surface area (Å²) in [5.41, 5.74) is 0.771. The fourth-order valence-electron chi connectivity index (χ4n) is 1.89. The standard InChI is InChI=1S/C14H9F3N2O2/c15-14(16,17)21-11-3-1-9(2-4-11)12-10(5-7-18)6-8-19-13(12)20/h1-4,6,8H,5H2,(H,19,20). The van der Waals surface area contributed by atoms with Crippen molar-refractivity contribution in [3.05, 3.63) is 52.4 Å². The molecule has 0 aliphatic rings. The van der Waals surface area contributed by atoms with Crippen LogP contribution in [0.2, 0.25) is 0 Å². The predicted molar refractivity (Wildman–Crippen MR) is 68.5 cm³/mol. The molecule has 0 bridgehead atoms. The van der Waals surface area contributed by atoms with Gasteiger partial charge in [0.05, 0.1) is 18.1 Å². The van der Waals surface area contributed by atoms with Crippen LogP contribution >= 0.6 is 0 Å². The van der Waals surface area contributed by atoms with Crippen molar-refractivity contribution < 1.29 is 17.9 Å². The molecule has 0 atom stereocenters.